The molecule has 0 bridgehead atoms. The number of pyridine rings is 1. The zero-order valence-electron chi connectivity index (χ0n) is 13.4. The number of aromatic nitrogens is 1. The Labute approximate surface area is 142 Å². The first-order valence-electron chi connectivity index (χ1n) is 7.47. The van der Waals surface area contributed by atoms with Gasteiger partial charge in [-0.2, -0.15) is 0 Å². The first-order chi connectivity index (χ1) is 10.7. The number of nitrogens with zero attached hydrogens (tertiary/aromatic N) is 1. The third-order valence-electron chi connectivity index (χ3n) is 3.05. The van der Waals surface area contributed by atoms with Crippen LogP contribution in [-0.4, -0.2) is 28.7 Å². The van der Waals surface area contributed by atoms with Crippen LogP contribution in [0.2, 0.25) is 0 Å². The predicted molar refractivity (Wildman–Crippen MR) is 96.4 cm³/mol. The molecule has 3 nitrogen and oxygen atoms in total. The van der Waals surface area contributed by atoms with E-state index in [1.54, 1.807) is 23.5 Å². The number of ether oxygens (including phenoxy) is 2. The normalized spacial score (nSPS) is 13.2. The van der Waals surface area contributed by atoms with E-state index in [1.165, 1.54) is 12.5 Å². The first-order valence-corrected chi connectivity index (χ1v) is 9.44. The molecule has 1 aromatic heterocycles. The van der Waals surface area contributed by atoms with Crippen LogP contribution in [0.4, 0.5) is 0 Å². The highest BCUT2D eigenvalue weighted by atomic mass is 32.2. The Hall–Kier alpha value is -1.07. The first kappa shape index (κ1) is 19.0. The lowest BCUT2D eigenvalue weighted by molar-refractivity contribution is 0.163. The minimum absolute atomic E-state index is 0.194. The van der Waals surface area contributed by atoms with Crippen LogP contribution in [0, 0.1) is 0 Å². The van der Waals surface area contributed by atoms with Gasteiger partial charge in [-0.15, -0.1) is 23.5 Å². The van der Waals surface area contributed by atoms with Crippen molar-refractivity contribution >= 4 is 23.5 Å². The number of hydrogen-bond donors (Lipinski definition) is 0. The lowest BCUT2D eigenvalue weighted by atomic mass is 10.3. The topological polar surface area (TPSA) is 31.4 Å². The van der Waals surface area contributed by atoms with Crippen LogP contribution in [0.25, 0.3) is 0 Å². The molecule has 0 radical (unpaired) electrons. The zero-order valence-corrected chi connectivity index (χ0v) is 15.0. The summed E-state index contributed by atoms with van der Waals surface area (Å²) in [4.78, 5) is 5.65. The molecule has 0 aliphatic heterocycles. The van der Waals surface area contributed by atoms with Gasteiger partial charge < -0.3 is 9.47 Å². The van der Waals surface area contributed by atoms with Gasteiger partial charge in [-0.1, -0.05) is 27.0 Å². The minimum atomic E-state index is 0.194. The Morgan fingerprint density at radius 1 is 1.05 bits per heavy atom. The fraction of sp³-hybridized carbons (Fsp3) is 0.471. The lowest BCUT2D eigenvalue weighted by Gasteiger charge is -2.14. The Balaban J connectivity index is 2.42. The molecular weight excluding hydrogens is 314 g/mol. The Bertz CT molecular complexity index is 396. The van der Waals surface area contributed by atoms with Crippen molar-refractivity contribution in [2.75, 3.05) is 11.5 Å². The fourth-order valence-corrected chi connectivity index (χ4v) is 3.63. The van der Waals surface area contributed by atoms with Gasteiger partial charge in [-0.05, 0) is 25.0 Å². The van der Waals surface area contributed by atoms with Crippen molar-refractivity contribution in [2.45, 2.75) is 48.8 Å². The minimum Gasteiger partial charge on any atom is -0.498 e. The molecule has 2 atom stereocenters. The van der Waals surface area contributed by atoms with Gasteiger partial charge in [0.15, 0.2) is 0 Å². The van der Waals surface area contributed by atoms with Crippen LogP contribution in [0.1, 0.15) is 26.7 Å². The predicted octanol–water partition coefficient (Wildman–Crippen LogP) is 5.14. The van der Waals surface area contributed by atoms with Gasteiger partial charge in [0.25, 0.3) is 0 Å². The van der Waals surface area contributed by atoms with Gasteiger partial charge in [0.1, 0.15) is 12.2 Å². The van der Waals surface area contributed by atoms with Crippen molar-refractivity contribution in [1.29, 1.82) is 0 Å². The summed E-state index contributed by atoms with van der Waals surface area (Å²) in [5.41, 5.74) is 0. The van der Waals surface area contributed by atoms with Crippen molar-refractivity contribution in [3.63, 3.8) is 0 Å². The second-order valence-corrected chi connectivity index (χ2v) is 6.75. The Kier molecular flexibility index (Phi) is 9.91. The van der Waals surface area contributed by atoms with Crippen molar-refractivity contribution < 1.29 is 9.47 Å². The monoisotopic (exact) mass is 339 g/mol. The lowest BCUT2D eigenvalue weighted by Crippen LogP contribution is -2.11. The summed E-state index contributed by atoms with van der Waals surface area (Å²) in [6.45, 7) is 11.4. The second-order valence-electron chi connectivity index (χ2n) is 4.62. The summed E-state index contributed by atoms with van der Waals surface area (Å²) in [6, 6.07) is 4.17. The summed E-state index contributed by atoms with van der Waals surface area (Å²) >= 11 is 3.46. The van der Waals surface area contributed by atoms with E-state index in [-0.39, 0.29) is 12.2 Å². The summed E-state index contributed by atoms with van der Waals surface area (Å²) in [6.07, 6.45) is 7.29. The van der Waals surface area contributed by atoms with Crippen molar-refractivity contribution in [1.82, 2.24) is 4.98 Å². The van der Waals surface area contributed by atoms with E-state index < -0.39 is 0 Å². The molecule has 122 valence electrons. The molecular formula is C17H25NO2S2. The molecule has 0 N–H and O–H groups in total. The number of thioether (sulfide) groups is 2. The highest BCUT2D eigenvalue weighted by Crippen LogP contribution is 2.24. The highest BCUT2D eigenvalue weighted by molar-refractivity contribution is 7.99. The molecule has 0 amide bonds. The number of hydrogen-bond acceptors (Lipinski definition) is 5. The van der Waals surface area contributed by atoms with Gasteiger partial charge in [0.05, 0.1) is 17.6 Å². The van der Waals surface area contributed by atoms with Crippen molar-refractivity contribution in [2.24, 2.45) is 0 Å². The molecule has 1 aromatic rings. The van der Waals surface area contributed by atoms with Gasteiger partial charge in [-0.25, -0.2) is 4.98 Å². The van der Waals surface area contributed by atoms with Crippen molar-refractivity contribution in [3.05, 3.63) is 44.0 Å². The van der Waals surface area contributed by atoms with E-state index in [0.717, 1.165) is 34.3 Å². The van der Waals surface area contributed by atoms with E-state index in [9.17, 15) is 0 Å². The quantitative estimate of drug-likeness (QED) is 0.388. The third kappa shape index (κ3) is 7.27. The fourth-order valence-electron chi connectivity index (χ4n) is 1.68. The van der Waals surface area contributed by atoms with Crippen LogP contribution < -0.4 is 0 Å². The van der Waals surface area contributed by atoms with E-state index >= 15 is 0 Å². The molecule has 2 unspecified atom stereocenters. The maximum absolute atomic E-state index is 5.43. The zero-order chi connectivity index (χ0) is 16.2. The van der Waals surface area contributed by atoms with Crippen LogP contribution in [-0.2, 0) is 9.47 Å². The van der Waals surface area contributed by atoms with Crippen LogP contribution in [0.15, 0.2) is 53.9 Å². The molecule has 1 rings (SSSR count). The third-order valence-corrected chi connectivity index (χ3v) is 5.24. The maximum Gasteiger partial charge on any atom is 0.107 e. The SMILES string of the molecule is C=COC(CC)CSc1ccc(SCC(CC)OC=C)nc1. The van der Waals surface area contributed by atoms with Gasteiger partial charge in [0.2, 0.25) is 0 Å². The molecule has 0 aliphatic rings. The van der Waals surface area contributed by atoms with Gasteiger partial charge in [0, 0.05) is 22.6 Å². The average molecular weight is 340 g/mol. The molecule has 1 heterocycles. The van der Waals surface area contributed by atoms with E-state index in [1.807, 2.05) is 6.20 Å². The molecule has 0 aromatic carbocycles. The van der Waals surface area contributed by atoms with E-state index in [4.69, 9.17) is 9.47 Å². The summed E-state index contributed by atoms with van der Waals surface area (Å²) in [5, 5.41) is 1.02. The smallest absolute Gasteiger partial charge is 0.107 e. The standard InChI is InChI=1S/C17H25NO2S2/c1-5-14(19-7-3)12-21-16-9-10-17(18-11-16)22-13-15(6-2)20-8-4/h7-11,14-15H,3-6,12-13H2,1-2H3. The van der Waals surface area contributed by atoms with E-state index in [2.05, 4.69) is 44.1 Å². The number of rotatable bonds is 12. The second kappa shape index (κ2) is 11.5. The van der Waals surface area contributed by atoms with Crippen LogP contribution >= 0.6 is 23.5 Å². The Morgan fingerprint density at radius 3 is 2.09 bits per heavy atom. The summed E-state index contributed by atoms with van der Waals surface area (Å²) in [5.74, 6) is 1.79. The highest BCUT2D eigenvalue weighted by Gasteiger charge is 2.08. The van der Waals surface area contributed by atoms with Crippen molar-refractivity contribution in [3.8, 4) is 0 Å². The molecule has 0 aliphatic carbocycles. The van der Waals surface area contributed by atoms with Crippen LogP contribution in [0.3, 0.4) is 0 Å². The van der Waals surface area contributed by atoms with Gasteiger partial charge >= 0.3 is 0 Å². The summed E-state index contributed by atoms with van der Waals surface area (Å²) < 4.78 is 10.9. The molecule has 0 fully saturated rings. The molecule has 0 saturated heterocycles. The van der Waals surface area contributed by atoms with Gasteiger partial charge in [-0.3, -0.25) is 0 Å². The molecule has 0 saturated carbocycles. The average Bonchev–Trinajstić information content (AvgIpc) is 2.56. The van der Waals surface area contributed by atoms with Crippen LogP contribution in [0.5, 0.6) is 0 Å². The molecule has 22 heavy (non-hydrogen) atoms. The van der Waals surface area contributed by atoms with E-state index in [0.29, 0.717) is 0 Å². The Morgan fingerprint density at radius 2 is 1.64 bits per heavy atom. The molecule has 5 heteroatoms. The summed E-state index contributed by atoms with van der Waals surface area (Å²) in [7, 11) is 0. The largest absolute Gasteiger partial charge is 0.498 e. The maximum atomic E-state index is 5.43. The molecule has 0 spiro atoms.